The molecule has 1 rings (SSSR count). The van der Waals surface area contributed by atoms with Crippen molar-refractivity contribution >= 4 is 0 Å². The fourth-order valence-electron chi connectivity index (χ4n) is 1.53. The van der Waals surface area contributed by atoms with Crippen molar-refractivity contribution in [2.45, 2.75) is 52.3 Å². The van der Waals surface area contributed by atoms with Gasteiger partial charge in [-0.25, -0.2) is 4.68 Å². The minimum absolute atomic E-state index is 0.0612. The van der Waals surface area contributed by atoms with Gasteiger partial charge in [0.1, 0.15) is 0 Å². The SMILES string of the molecule is CCCCn1nnc(CCC)c1C(F)(F)F. The standard InChI is InChI=1S/C10H16F3N3/c1-3-5-7-16-9(10(11,12)13)8(6-4-2)14-15-16/h3-7H2,1-2H3. The molecule has 6 heteroatoms. The Labute approximate surface area is 92.6 Å². The second-order valence-corrected chi connectivity index (χ2v) is 3.71. The molecular formula is C10H16F3N3. The van der Waals surface area contributed by atoms with Crippen molar-refractivity contribution in [3.63, 3.8) is 0 Å². The lowest BCUT2D eigenvalue weighted by Crippen LogP contribution is -2.16. The number of hydrogen-bond acceptors (Lipinski definition) is 2. The quantitative estimate of drug-likeness (QED) is 0.785. The molecule has 1 aromatic heterocycles. The summed E-state index contributed by atoms with van der Waals surface area (Å²) in [7, 11) is 0. The summed E-state index contributed by atoms with van der Waals surface area (Å²) in [6, 6.07) is 0. The maximum absolute atomic E-state index is 12.8. The number of halogens is 3. The zero-order valence-corrected chi connectivity index (χ0v) is 9.51. The van der Waals surface area contributed by atoms with Crippen LogP contribution in [0.25, 0.3) is 0 Å². The van der Waals surface area contributed by atoms with Crippen molar-refractivity contribution in [2.24, 2.45) is 0 Å². The van der Waals surface area contributed by atoms with Crippen LogP contribution in [0.3, 0.4) is 0 Å². The van der Waals surface area contributed by atoms with Crippen LogP contribution >= 0.6 is 0 Å². The van der Waals surface area contributed by atoms with Crippen LogP contribution in [0.2, 0.25) is 0 Å². The number of rotatable bonds is 5. The Hall–Kier alpha value is -1.07. The van der Waals surface area contributed by atoms with Gasteiger partial charge in [0, 0.05) is 6.54 Å². The molecule has 0 unspecified atom stereocenters. The summed E-state index contributed by atoms with van der Waals surface area (Å²) in [6.45, 7) is 4.03. The van der Waals surface area contributed by atoms with Crippen molar-refractivity contribution in [1.29, 1.82) is 0 Å². The number of unbranched alkanes of at least 4 members (excludes halogenated alkanes) is 1. The van der Waals surface area contributed by atoms with Gasteiger partial charge in [-0.1, -0.05) is 31.9 Å². The van der Waals surface area contributed by atoms with E-state index in [2.05, 4.69) is 10.3 Å². The van der Waals surface area contributed by atoms with E-state index in [4.69, 9.17) is 0 Å². The molecule has 1 heterocycles. The largest absolute Gasteiger partial charge is 0.434 e. The number of alkyl halides is 3. The number of aromatic nitrogens is 3. The number of hydrogen-bond donors (Lipinski definition) is 0. The molecule has 0 saturated carbocycles. The molecule has 16 heavy (non-hydrogen) atoms. The highest BCUT2D eigenvalue weighted by Crippen LogP contribution is 2.31. The molecule has 0 aliphatic rings. The maximum Gasteiger partial charge on any atom is 0.434 e. The average molecular weight is 235 g/mol. The van der Waals surface area contributed by atoms with Gasteiger partial charge >= 0.3 is 6.18 Å². The first-order chi connectivity index (χ1) is 7.50. The molecule has 0 amide bonds. The Morgan fingerprint density at radius 3 is 2.38 bits per heavy atom. The monoisotopic (exact) mass is 235 g/mol. The highest BCUT2D eigenvalue weighted by atomic mass is 19.4. The minimum atomic E-state index is -4.36. The van der Waals surface area contributed by atoms with Gasteiger partial charge < -0.3 is 0 Å². The van der Waals surface area contributed by atoms with E-state index in [1.54, 1.807) is 0 Å². The Bertz CT molecular complexity index is 331. The van der Waals surface area contributed by atoms with Gasteiger partial charge in [-0.2, -0.15) is 13.2 Å². The zero-order valence-electron chi connectivity index (χ0n) is 9.51. The molecule has 0 aromatic carbocycles. The lowest BCUT2D eigenvalue weighted by molar-refractivity contribution is -0.144. The molecule has 0 radical (unpaired) electrons. The summed E-state index contributed by atoms with van der Waals surface area (Å²) in [5.41, 5.74) is -0.617. The third kappa shape index (κ3) is 2.96. The van der Waals surface area contributed by atoms with Crippen LogP contribution in [0.4, 0.5) is 13.2 Å². The molecule has 0 bridgehead atoms. The average Bonchev–Trinajstić information content (AvgIpc) is 2.58. The van der Waals surface area contributed by atoms with Crippen LogP contribution in [0, 0.1) is 0 Å². The Morgan fingerprint density at radius 2 is 1.88 bits per heavy atom. The molecule has 1 aromatic rings. The van der Waals surface area contributed by atoms with E-state index in [1.807, 2.05) is 13.8 Å². The Kier molecular flexibility index (Phi) is 4.32. The first-order valence-electron chi connectivity index (χ1n) is 5.50. The molecule has 0 fully saturated rings. The van der Waals surface area contributed by atoms with E-state index in [0.29, 0.717) is 19.3 Å². The minimum Gasteiger partial charge on any atom is -0.240 e. The van der Waals surface area contributed by atoms with E-state index in [1.165, 1.54) is 0 Å². The van der Waals surface area contributed by atoms with Gasteiger partial charge in [-0.3, -0.25) is 0 Å². The van der Waals surface area contributed by atoms with Gasteiger partial charge in [0.15, 0.2) is 5.69 Å². The topological polar surface area (TPSA) is 30.7 Å². The van der Waals surface area contributed by atoms with Crippen LogP contribution in [-0.2, 0) is 19.1 Å². The van der Waals surface area contributed by atoms with E-state index < -0.39 is 11.9 Å². The van der Waals surface area contributed by atoms with Crippen LogP contribution in [0.1, 0.15) is 44.5 Å². The van der Waals surface area contributed by atoms with E-state index in [9.17, 15) is 13.2 Å². The van der Waals surface area contributed by atoms with Crippen LogP contribution in [0.15, 0.2) is 0 Å². The van der Waals surface area contributed by atoms with E-state index >= 15 is 0 Å². The van der Waals surface area contributed by atoms with Crippen molar-refractivity contribution in [3.8, 4) is 0 Å². The summed E-state index contributed by atoms with van der Waals surface area (Å²) in [5, 5.41) is 7.20. The van der Waals surface area contributed by atoms with E-state index in [-0.39, 0.29) is 12.2 Å². The zero-order chi connectivity index (χ0) is 12.2. The fraction of sp³-hybridized carbons (Fsp3) is 0.800. The highest BCUT2D eigenvalue weighted by molar-refractivity contribution is 5.14. The summed E-state index contributed by atoms with van der Waals surface area (Å²) < 4.78 is 39.4. The van der Waals surface area contributed by atoms with Crippen LogP contribution in [-0.4, -0.2) is 15.0 Å². The third-order valence-corrected chi connectivity index (χ3v) is 2.28. The number of aryl methyl sites for hydroxylation is 2. The van der Waals surface area contributed by atoms with Gasteiger partial charge in [0.25, 0.3) is 0 Å². The lowest BCUT2D eigenvalue weighted by atomic mass is 10.2. The highest BCUT2D eigenvalue weighted by Gasteiger charge is 2.38. The van der Waals surface area contributed by atoms with Crippen molar-refractivity contribution in [2.75, 3.05) is 0 Å². The second kappa shape index (κ2) is 5.32. The predicted octanol–water partition coefficient (Wildman–Crippen LogP) is 3.05. The molecule has 3 nitrogen and oxygen atoms in total. The van der Waals surface area contributed by atoms with Crippen LogP contribution in [0.5, 0.6) is 0 Å². The summed E-state index contributed by atoms with van der Waals surface area (Å²) in [4.78, 5) is 0. The molecule has 92 valence electrons. The first kappa shape index (κ1) is 13.0. The van der Waals surface area contributed by atoms with Gasteiger partial charge in [0.05, 0.1) is 5.69 Å². The summed E-state index contributed by atoms with van der Waals surface area (Å²) >= 11 is 0. The second-order valence-electron chi connectivity index (χ2n) is 3.71. The molecule has 0 N–H and O–H groups in total. The molecular weight excluding hydrogens is 219 g/mol. The Balaban J connectivity index is 2.99. The summed E-state index contributed by atoms with van der Waals surface area (Å²) in [5.74, 6) is 0. The van der Waals surface area contributed by atoms with E-state index in [0.717, 1.165) is 11.1 Å². The van der Waals surface area contributed by atoms with Gasteiger partial charge in [-0.15, -0.1) is 5.10 Å². The maximum atomic E-state index is 12.8. The Morgan fingerprint density at radius 1 is 1.19 bits per heavy atom. The number of nitrogens with zero attached hydrogens (tertiary/aromatic N) is 3. The molecule has 0 aliphatic heterocycles. The van der Waals surface area contributed by atoms with Crippen LogP contribution < -0.4 is 0 Å². The summed E-state index contributed by atoms with van der Waals surface area (Å²) in [6.07, 6.45) is -1.89. The van der Waals surface area contributed by atoms with Gasteiger partial charge in [-0.05, 0) is 12.8 Å². The molecule has 0 atom stereocenters. The van der Waals surface area contributed by atoms with Crippen molar-refractivity contribution in [3.05, 3.63) is 11.4 Å². The molecule has 0 spiro atoms. The first-order valence-corrected chi connectivity index (χ1v) is 5.50. The van der Waals surface area contributed by atoms with Crippen molar-refractivity contribution < 1.29 is 13.2 Å². The predicted molar refractivity (Wildman–Crippen MR) is 53.9 cm³/mol. The van der Waals surface area contributed by atoms with Crippen molar-refractivity contribution in [1.82, 2.24) is 15.0 Å². The molecule has 0 aliphatic carbocycles. The lowest BCUT2D eigenvalue weighted by Gasteiger charge is -2.10. The normalized spacial score (nSPS) is 12.1. The smallest absolute Gasteiger partial charge is 0.240 e. The fourth-order valence-corrected chi connectivity index (χ4v) is 1.53. The third-order valence-electron chi connectivity index (χ3n) is 2.28. The molecule has 0 saturated heterocycles. The van der Waals surface area contributed by atoms with Gasteiger partial charge in [0.2, 0.25) is 0 Å².